The molecule has 1 fully saturated rings. The van der Waals surface area contributed by atoms with Gasteiger partial charge in [-0.1, -0.05) is 37.6 Å². The highest BCUT2D eigenvalue weighted by molar-refractivity contribution is 5.84. The lowest BCUT2D eigenvalue weighted by Gasteiger charge is -2.32. The third-order valence-electron chi connectivity index (χ3n) is 4.51. The number of pyridine rings is 1. The fraction of sp³-hybridized carbons (Fsp3) is 0.500. The van der Waals surface area contributed by atoms with Gasteiger partial charge in [0.1, 0.15) is 0 Å². The zero-order valence-corrected chi connectivity index (χ0v) is 12.4. The van der Waals surface area contributed by atoms with Crippen molar-refractivity contribution in [3.05, 3.63) is 42.2 Å². The van der Waals surface area contributed by atoms with Gasteiger partial charge in [0, 0.05) is 17.5 Å². The summed E-state index contributed by atoms with van der Waals surface area (Å²) in [5, 5.41) is 2.67. The molecule has 0 unspecified atom stereocenters. The lowest BCUT2D eigenvalue weighted by atomic mass is 9.90. The molecule has 1 aliphatic heterocycles. The van der Waals surface area contributed by atoms with Crippen molar-refractivity contribution in [1.82, 2.24) is 9.88 Å². The molecule has 3 rings (SSSR count). The van der Waals surface area contributed by atoms with Crippen molar-refractivity contribution < 1.29 is 0 Å². The molecule has 0 saturated carbocycles. The van der Waals surface area contributed by atoms with E-state index in [1.54, 1.807) is 0 Å². The number of hydrogen-bond acceptors (Lipinski definition) is 2. The molecule has 2 heteroatoms. The predicted octanol–water partition coefficient (Wildman–Crippen LogP) is 4.21. The van der Waals surface area contributed by atoms with Crippen molar-refractivity contribution in [1.29, 1.82) is 0 Å². The van der Waals surface area contributed by atoms with E-state index in [2.05, 4.69) is 42.2 Å². The van der Waals surface area contributed by atoms with Crippen LogP contribution < -0.4 is 0 Å². The number of unbranched alkanes of at least 4 members (excludes halogenated alkanes) is 1. The van der Waals surface area contributed by atoms with Gasteiger partial charge < -0.3 is 4.90 Å². The number of benzene rings is 1. The van der Waals surface area contributed by atoms with Gasteiger partial charge in [0.15, 0.2) is 0 Å². The van der Waals surface area contributed by atoms with E-state index < -0.39 is 0 Å². The van der Waals surface area contributed by atoms with Crippen LogP contribution in [0.1, 0.15) is 44.2 Å². The van der Waals surface area contributed by atoms with Gasteiger partial charge in [-0.2, -0.15) is 0 Å². The van der Waals surface area contributed by atoms with E-state index in [9.17, 15) is 0 Å². The van der Waals surface area contributed by atoms with E-state index >= 15 is 0 Å². The summed E-state index contributed by atoms with van der Waals surface area (Å²) in [4.78, 5) is 7.32. The molecule has 0 aliphatic carbocycles. The molecule has 0 bridgehead atoms. The molecule has 2 heterocycles. The number of fused-ring (bicyclic) bond motifs is 1. The summed E-state index contributed by atoms with van der Waals surface area (Å²) in [5.41, 5.74) is 1.32. The fourth-order valence-corrected chi connectivity index (χ4v) is 3.28. The van der Waals surface area contributed by atoms with Crippen LogP contribution in [0.3, 0.4) is 0 Å². The van der Waals surface area contributed by atoms with Gasteiger partial charge in [-0.25, -0.2) is 0 Å². The number of nitrogens with zero attached hydrogens (tertiary/aromatic N) is 2. The Morgan fingerprint density at radius 2 is 1.95 bits per heavy atom. The average molecular weight is 268 g/mol. The van der Waals surface area contributed by atoms with E-state index in [0.29, 0.717) is 5.92 Å². The Morgan fingerprint density at radius 3 is 2.75 bits per heavy atom. The maximum absolute atomic E-state index is 4.70. The van der Waals surface area contributed by atoms with E-state index in [0.717, 1.165) is 0 Å². The van der Waals surface area contributed by atoms with E-state index in [-0.39, 0.29) is 0 Å². The minimum absolute atomic E-state index is 0.638. The average Bonchev–Trinajstić information content (AvgIpc) is 2.53. The second kappa shape index (κ2) is 6.36. The highest BCUT2D eigenvalue weighted by Crippen LogP contribution is 2.31. The van der Waals surface area contributed by atoms with Crippen LogP contribution in [0.4, 0.5) is 0 Å². The summed E-state index contributed by atoms with van der Waals surface area (Å²) in [6.45, 7) is 6.00. The second-order valence-corrected chi connectivity index (χ2v) is 5.89. The fourth-order valence-electron chi connectivity index (χ4n) is 3.28. The number of rotatable bonds is 4. The maximum Gasteiger partial charge on any atom is 0.0513 e. The van der Waals surface area contributed by atoms with E-state index in [1.165, 1.54) is 61.8 Å². The number of piperidine rings is 1. The standard InChI is InChI=1S/C18H24N2/c1-2-3-12-20-13-9-16(10-14-20)18-17-7-5-4-6-15(17)8-11-19-18/h4-8,11,16H,2-3,9-10,12-14H2,1H3. The maximum atomic E-state index is 4.70. The highest BCUT2D eigenvalue weighted by Gasteiger charge is 2.22. The molecular weight excluding hydrogens is 244 g/mol. The normalized spacial score (nSPS) is 17.6. The lowest BCUT2D eigenvalue weighted by Crippen LogP contribution is -2.33. The first-order valence-corrected chi connectivity index (χ1v) is 7.94. The summed E-state index contributed by atoms with van der Waals surface area (Å²) < 4.78 is 0. The van der Waals surface area contributed by atoms with Crippen molar-refractivity contribution in [3.63, 3.8) is 0 Å². The Morgan fingerprint density at radius 1 is 1.15 bits per heavy atom. The van der Waals surface area contributed by atoms with Gasteiger partial charge in [-0.3, -0.25) is 4.98 Å². The summed E-state index contributed by atoms with van der Waals surface area (Å²) in [6.07, 6.45) is 7.11. The second-order valence-electron chi connectivity index (χ2n) is 5.89. The first-order valence-electron chi connectivity index (χ1n) is 7.94. The summed E-state index contributed by atoms with van der Waals surface area (Å²) >= 11 is 0. The van der Waals surface area contributed by atoms with Crippen LogP contribution in [0.25, 0.3) is 10.8 Å². The van der Waals surface area contributed by atoms with Crippen LogP contribution in [-0.2, 0) is 0 Å². The molecule has 0 spiro atoms. The molecule has 1 aliphatic rings. The quantitative estimate of drug-likeness (QED) is 0.825. The van der Waals surface area contributed by atoms with Crippen LogP contribution in [0.5, 0.6) is 0 Å². The van der Waals surface area contributed by atoms with Crippen molar-refractivity contribution in [2.45, 2.75) is 38.5 Å². The smallest absolute Gasteiger partial charge is 0.0513 e. The topological polar surface area (TPSA) is 16.1 Å². The van der Waals surface area contributed by atoms with Gasteiger partial charge >= 0.3 is 0 Å². The van der Waals surface area contributed by atoms with Crippen LogP contribution >= 0.6 is 0 Å². The van der Waals surface area contributed by atoms with Crippen molar-refractivity contribution in [3.8, 4) is 0 Å². The van der Waals surface area contributed by atoms with E-state index in [1.807, 2.05) is 6.20 Å². The summed E-state index contributed by atoms with van der Waals surface area (Å²) in [7, 11) is 0. The number of hydrogen-bond donors (Lipinski definition) is 0. The van der Waals surface area contributed by atoms with Crippen LogP contribution in [0, 0.1) is 0 Å². The predicted molar refractivity (Wildman–Crippen MR) is 85.1 cm³/mol. The van der Waals surface area contributed by atoms with Gasteiger partial charge in [-0.05, 0) is 50.3 Å². The van der Waals surface area contributed by atoms with Crippen molar-refractivity contribution >= 4 is 10.8 Å². The third-order valence-corrected chi connectivity index (χ3v) is 4.51. The molecule has 2 aromatic rings. The Balaban J connectivity index is 1.74. The molecule has 0 atom stereocenters. The van der Waals surface area contributed by atoms with Gasteiger partial charge in [0.2, 0.25) is 0 Å². The first kappa shape index (κ1) is 13.6. The van der Waals surface area contributed by atoms with Crippen LogP contribution in [-0.4, -0.2) is 29.5 Å². The first-order chi connectivity index (χ1) is 9.88. The molecular formula is C18H24N2. The zero-order chi connectivity index (χ0) is 13.8. The Kier molecular flexibility index (Phi) is 4.31. The highest BCUT2D eigenvalue weighted by atomic mass is 15.1. The molecule has 106 valence electrons. The van der Waals surface area contributed by atoms with Crippen molar-refractivity contribution in [2.75, 3.05) is 19.6 Å². The molecule has 0 amide bonds. The van der Waals surface area contributed by atoms with E-state index in [4.69, 9.17) is 4.98 Å². The van der Waals surface area contributed by atoms with Crippen LogP contribution in [0.2, 0.25) is 0 Å². The lowest BCUT2D eigenvalue weighted by molar-refractivity contribution is 0.209. The van der Waals surface area contributed by atoms with Gasteiger partial charge in [0.25, 0.3) is 0 Å². The summed E-state index contributed by atoms with van der Waals surface area (Å²) in [5.74, 6) is 0.638. The zero-order valence-electron chi connectivity index (χ0n) is 12.4. The molecule has 2 nitrogen and oxygen atoms in total. The van der Waals surface area contributed by atoms with Gasteiger partial charge in [0.05, 0.1) is 5.69 Å². The molecule has 1 aromatic carbocycles. The minimum Gasteiger partial charge on any atom is -0.303 e. The molecule has 1 saturated heterocycles. The molecule has 0 N–H and O–H groups in total. The molecule has 0 radical (unpaired) electrons. The molecule has 1 aromatic heterocycles. The Labute approximate surface area is 121 Å². The Bertz CT molecular complexity index is 551. The number of likely N-dealkylation sites (tertiary alicyclic amines) is 1. The molecule has 20 heavy (non-hydrogen) atoms. The van der Waals surface area contributed by atoms with Crippen molar-refractivity contribution in [2.24, 2.45) is 0 Å². The largest absolute Gasteiger partial charge is 0.303 e. The third kappa shape index (κ3) is 2.85. The minimum atomic E-state index is 0.638. The SMILES string of the molecule is CCCCN1CCC(c2nccc3ccccc23)CC1. The number of aromatic nitrogens is 1. The van der Waals surface area contributed by atoms with Gasteiger partial charge in [-0.15, -0.1) is 0 Å². The summed E-state index contributed by atoms with van der Waals surface area (Å²) in [6, 6.07) is 10.8. The monoisotopic (exact) mass is 268 g/mol. The van der Waals surface area contributed by atoms with Crippen LogP contribution in [0.15, 0.2) is 36.5 Å². The Hall–Kier alpha value is -1.41.